The quantitative estimate of drug-likeness (QED) is 0.873. The summed E-state index contributed by atoms with van der Waals surface area (Å²) in [5.41, 5.74) is 1.13. The van der Waals surface area contributed by atoms with E-state index in [1.807, 2.05) is 42.8 Å². The molecular formula is C18H25N5O2. The topological polar surface area (TPSA) is 81.1 Å². The number of methoxy groups -OCH3 is 1. The van der Waals surface area contributed by atoms with Gasteiger partial charge in [-0.05, 0) is 50.8 Å². The fourth-order valence-corrected chi connectivity index (χ4v) is 3.23. The van der Waals surface area contributed by atoms with Gasteiger partial charge in [0, 0.05) is 12.6 Å². The van der Waals surface area contributed by atoms with Crippen molar-refractivity contribution < 1.29 is 9.53 Å². The number of carbonyl (C=O) groups is 1. The molecule has 1 aromatic heterocycles. The van der Waals surface area contributed by atoms with E-state index in [9.17, 15) is 4.79 Å². The number of rotatable bonds is 5. The molecule has 0 aliphatic carbocycles. The minimum Gasteiger partial charge on any atom is -0.497 e. The average molecular weight is 343 g/mol. The Morgan fingerprint density at radius 2 is 2.32 bits per heavy atom. The Hall–Kier alpha value is -2.57. The zero-order valence-corrected chi connectivity index (χ0v) is 15.0. The van der Waals surface area contributed by atoms with E-state index < -0.39 is 0 Å². The van der Waals surface area contributed by atoms with E-state index >= 15 is 0 Å². The number of aryl methyl sites for hydroxylation is 2. The van der Waals surface area contributed by atoms with Gasteiger partial charge in [0.15, 0.2) is 0 Å². The Balaban J connectivity index is 1.55. The second kappa shape index (κ2) is 7.55. The van der Waals surface area contributed by atoms with Crippen LogP contribution in [0.2, 0.25) is 0 Å². The molecule has 1 aliphatic rings. The van der Waals surface area contributed by atoms with Gasteiger partial charge in [0.05, 0.1) is 13.2 Å². The van der Waals surface area contributed by atoms with Crippen LogP contribution < -0.4 is 15.4 Å². The van der Waals surface area contributed by atoms with Crippen molar-refractivity contribution >= 4 is 6.03 Å². The van der Waals surface area contributed by atoms with E-state index in [0.717, 1.165) is 48.8 Å². The molecule has 2 amide bonds. The smallest absolute Gasteiger partial charge is 0.315 e. The van der Waals surface area contributed by atoms with Gasteiger partial charge in [0.1, 0.15) is 17.4 Å². The Bertz CT molecular complexity index is 743. The summed E-state index contributed by atoms with van der Waals surface area (Å²) in [7, 11) is 1.65. The van der Waals surface area contributed by atoms with Gasteiger partial charge in [-0.15, -0.1) is 0 Å². The van der Waals surface area contributed by atoms with Crippen LogP contribution in [0.1, 0.15) is 43.0 Å². The third-order valence-corrected chi connectivity index (χ3v) is 4.34. The van der Waals surface area contributed by atoms with Crippen molar-refractivity contribution in [2.45, 2.75) is 51.7 Å². The highest BCUT2D eigenvalue weighted by Crippen LogP contribution is 2.22. The fourth-order valence-electron chi connectivity index (χ4n) is 3.23. The van der Waals surface area contributed by atoms with E-state index in [0.29, 0.717) is 0 Å². The highest BCUT2D eigenvalue weighted by Gasteiger charge is 2.25. The van der Waals surface area contributed by atoms with Gasteiger partial charge < -0.3 is 15.4 Å². The van der Waals surface area contributed by atoms with Crippen LogP contribution in [-0.2, 0) is 13.0 Å². The third-order valence-electron chi connectivity index (χ3n) is 4.34. The van der Waals surface area contributed by atoms with Gasteiger partial charge in [-0.25, -0.2) is 14.5 Å². The standard InChI is InChI=1S/C18H25N5O2/c1-12(10-14-6-4-7-15(11-14)25-3)19-18(24)21-16-8-5-9-23-17(16)20-13(2)22-23/h4,6-7,11-12,16H,5,8-10H2,1-3H3,(H2,19,21,24)/t12-,16+/m0/s1. The molecule has 134 valence electrons. The van der Waals surface area contributed by atoms with Gasteiger partial charge in [0.25, 0.3) is 0 Å². The number of amides is 2. The van der Waals surface area contributed by atoms with Crippen molar-refractivity contribution in [2.75, 3.05) is 7.11 Å². The minimum absolute atomic E-state index is 0.00954. The van der Waals surface area contributed by atoms with Gasteiger partial charge in [-0.2, -0.15) is 5.10 Å². The lowest BCUT2D eigenvalue weighted by molar-refractivity contribution is 0.229. The van der Waals surface area contributed by atoms with Crippen LogP contribution in [-0.4, -0.2) is 33.9 Å². The maximum absolute atomic E-state index is 12.3. The molecule has 0 saturated heterocycles. The van der Waals surface area contributed by atoms with Crippen molar-refractivity contribution in [1.29, 1.82) is 0 Å². The summed E-state index contributed by atoms with van der Waals surface area (Å²) < 4.78 is 7.13. The Labute approximate surface area is 147 Å². The van der Waals surface area contributed by atoms with Crippen molar-refractivity contribution in [1.82, 2.24) is 25.4 Å². The molecule has 0 bridgehead atoms. The van der Waals surface area contributed by atoms with Crippen LogP contribution in [0.25, 0.3) is 0 Å². The lowest BCUT2D eigenvalue weighted by Crippen LogP contribution is -2.44. The SMILES string of the molecule is COc1cccc(C[C@H](C)NC(=O)N[C@@H]2CCCn3nc(C)nc32)c1. The van der Waals surface area contributed by atoms with Crippen molar-refractivity contribution in [3.63, 3.8) is 0 Å². The first-order valence-electron chi connectivity index (χ1n) is 8.66. The van der Waals surface area contributed by atoms with E-state index in [-0.39, 0.29) is 18.1 Å². The summed E-state index contributed by atoms with van der Waals surface area (Å²) in [5.74, 6) is 2.42. The molecule has 2 heterocycles. The number of hydrogen-bond acceptors (Lipinski definition) is 4. The number of benzene rings is 1. The monoisotopic (exact) mass is 343 g/mol. The predicted octanol–water partition coefficient (Wildman–Crippen LogP) is 2.36. The number of fused-ring (bicyclic) bond motifs is 1. The number of ether oxygens (including phenoxy) is 1. The van der Waals surface area contributed by atoms with Crippen LogP contribution in [0.4, 0.5) is 4.79 Å². The van der Waals surface area contributed by atoms with Crippen molar-refractivity contribution in [3.05, 3.63) is 41.5 Å². The molecule has 0 spiro atoms. The maximum atomic E-state index is 12.3. The molecule has 2 aromatic rings. The molecule has 2 atom stereocenters. The highest BCUT2D eigenvalue weighted by atomic mass is 16.5. The van der Waals surface area contributed by atoms with Gasteiger partial charge in [-0.3, -0.25) is 0 Å². The second-order valence-corrected chi connectivity index (χ2v) is 6.51. The van der Waals surface area contributed by atoms with Gasteiger partial charge in [0.2, 0.25) is 0 Å². The van der Waals surface area contributed by atoms with Crippen molar-refractivity contribution in [2.24, 2.45) is 0 Å². The Morgan fingerprint density at radius 3 is 3.12 bits per heavy atom. The molecule has 0 radical (unpaired) electrons. The zero-order chi connectivity index (χ0) is 17.8. The molecule has 1 aliphatic heterocycles. The van der Waals surface area contributed by atoms with Gasteiger partial charge in [-0.1, -0.05) is 12.1 Å². The normalized spacial score (nSPS) is 17.5. The number of aromatic nitrogens is 3. The molecule has 7 nitrogen and oxygen atoms in total. The number of carbonyl (C=O) groups excluding carboxylic acids is 1. The average Bonchev–Trinajstić information content (AvgIpc) is 2.96. The first kappa shape index (κ1) is 17.3. The lowest BCUT2D eigenvalue weighted by atomic mass is 10.1. The number of hydrogen-bond donors (Lipinski definition) is 2. The zero-order valence-electron chi connectivity index (χ0n) is 15.0. The Morgan fingerprint density at radius 1 is 1.48 bits per heavy atom. The molecule has 25 heavy (non-hydrogen) atoms. The molecule has 0 saturated carbocycles. The molecule has 1 aromatic carbocycles. The van der Waals surface area contributed by atoms with E-state index in [4.69, 9.17) is 4.74 Å². The van der Waals surface area contributed by atoms with E-state index in [1.165, 1.54) is 0 Å². The van der Waals surface area contributed by atoms with Gasteiger partial charge >= 0.3 is 6.03 Å². The van der Waals surface area contributed by atoms with E-state index in [2.05, 4.69) is 20.7 Å². The highest BCUT2D eigenvalue weighted by molar-refractivity contribution is 5.74. The summed E-state index contributed by atoms with van der Waals surface area (Å²) in [6.07, 6.45) is 2.61. The molecule has 0 unspecified atom stereocenters. The first-order chi connectivity index (χ1) is 12.0. The third kappa shape index (κ3) is 4.29. The minimum atomic E-state index is -0.172. The maximum Gasteiger partial charge on any atom is 0.315 e. The first-order valence-corrected chi connectivity index (χ1v) is 8.66. The molecule has 0 fully saturated rings. The Kier molecular flexibility index (Phi) is 5.21. The number of nitrogens with one attached hydrogen (secondary N) is 2. The summed E-state index contributed by atoms with van der Waals surface area (Å²) in [5, 5.41) is 10.4. The summed E-state index contributed by atoms with van der Waals surface area (Å²) >= 11 is 0. The lowest BCUT2D eigenvalue weighted by Gasteiger charge is -2.24. The van der Waals surface area contributed by atoms with Crippen LogP contribution in [0.3, 0.4) is 0 Å². The predicted molar refractivity (Wildman–Crippen MR) is 94.6 cm³/mol. The van der Waals surface area contributed by atoms with Crippen LogP contribution in [0, 0.1) is 6.92 Å². The second-order valence-electron chi connectivity index (χ2n) is 6.51. The summed E-state index contributed by atoms with van der Waals surface area (Å²) in [4.78, 5) is 16.8. The fraction of sp³-hybridized carbons (Fsp3) is 0.500. The summed E-state index contributed by atoms with van der Waals surface area (Å²) in [6.45, 7) is 4.73. The number of nitrogens with zero attached hydrogens (tertiary/aromatic N) is 3. The van der Waals surface area contributed by atoms with Crippen LogP contribution >= 0.6 is 0 Å². The molecule has 2 N–H and O–H groups in total. The molecule has 3 rings (SSSR count). The van der Waals surface area contributed by atoms with Crippen molar-refractivity contribution in [3.8, 4) is 5.75 Å². The van der Waals surface area contributed by atoms with Crippen LogP contribution in [0.5, 0.6) is 5.75 Å². The molecular weight excluding hydrogens is 318 g/mol. The van der Waals surface area contributed by atoms with E-state index in [1.54, 1.807) is 7.11 Å². The summed E-state index contributed by atoms with van der Waals surface area (Å²) in [6, 6.07) is 7.64. The largest absolute Gasteiger partial charge is 0.497 e. The van der Waals surface area contributed by atoms with Crippen LogP contribution in [0.15, 0.2) is 24.3 Å². The molecule has 7 heteroatoms. The number of urea groups is 1.